The highest BCUT2D eigenvalue weighted by atomic mass is 32.2. The quantitative estimate of drug-likeness (QED) is 0.325. The van der Waals surface area contributed by atoms with Crippen LogP contribution in [0.4, 0.5) is 5.69 Å². The molecule has 0 saturated heterocycles. The number of para-hydroxylation sites is 2. The molecule has 176 valence electrons. The van der Waals surface area contributed by atoms with Crippen LogP contribution in [0.25, 0.3) is 17.1 Å². The van der Waals surface area contributed by atoms with Gasteiger partial charge in [0.15, 0.2) is 11.0 Å². The van der Waals surface area contributed by atoms with Crippen molar-refractivity contribution in [2.75, 3.05) is 18.2 Å². The lowest BCUT2D eigenvalue weighted by Crippen LogP contribution is -2.15. The van der Waals surface area contributed by atoms with Crippen molar-refractivity contribution in [3.63, 3.8) is 0 Å². The summed E-state index contributed by atoms with van der Waals surface area (Å²) in [5.74, 6) is 1.60. The second-order valence-electron chi connectivity index (χ2n) is 8.08. The van der Waals surface area contributed by atoms with E-state index >= 15 is 0 Å². The van der Waals surface area contributed by atoms with Crippen molar-refractivity contribution in [3.05, 3.63) is 83.9 Å². The van der Waals surface area contributed by atoms with Gasteiger partial charge in [-0.15, -0.1) is 10.2 Å². The molecule has 0 atom stereocenters. The van der Waals surface area contributed by atoms with Gasteiger partial charge in [0.1, 0.15) is 11.8 Å². The van der Waals surface area contributed by atoms with E-state index in [-0.39, 0.29) is 17.6 Å². The highest BCUT2D eigenvalue weighted by Crippen LogP contribution is 2.32. The summed E-state index contributed by atoms with van der Waals surface area (Å²) in [6.07, 6.45) is 0. The molecule has 1 aromatic heterocycles. The van der Waals surface area contributed by atoms with E-state index in [9.17, 15) is 10.1 Å². The summed E-state index contributed by atoms with van der Waals surface area (Å²) in [6, 6.07) is 24.8. The fourth-order valence-corrected chi connectivity index (χ4v) is 4.44. The molecule has 0 spiro atoms. The van der Waals surface area contributed by atoms with Crippen molar-refractivity contribution in [1.29, 1.82) is 5.26 Å². The van der Waals surface area contributed by atoms with E-state index in [1.807, 2.05) is 47.0 Å². The first-order valence-corrected chi connectivity index (χ1v) is 12.1. The fourth-order valence-electron chi connectivity index (χ4n) is 3.69. The van der Waals surface area contributed by atoms with Crippen molar-refractivity contribution < 1.29 is 9.53 Å². The molecule has 7 nitrogen and oxygen atoms in total. The molecule has 4 aromatic rings. The summed E-state index contributed by atoms with van der Waals surface area (Å²) in [7, 11) is 1.63. The van der Waals surface area contributed by atoms with Crippen LogP contribution in [0.5, 0.6) is 5.75 Å². The molecule has 4 rings (SSSR count). The minimum Gasteiger partial charge on any atom is -0.497 e. The third-order valence-corrected chi connectivity index (χ3v) is 6.36. The molecule has 1 heterocycles. The minimum atomic E-state index is -0.226. The number of hydrogen-bond donors (Lipinski definition) is 1. The second-order valence-corrected chi connectivity index (χ2v) is 9.02. The molecular weight excluding hydrogens is 458 g/mol. The standard InChI is InChI=1S/C27H25N5O2S/c1-18(2)22-9-5-7-11-24(22)32-26(19-12-14-21(34-3)15-13-19)30-31-27(32)35-17-25(33)29-23-10-6-4-8-20(23)16-28/h4-15,18H,17H2,1-3H3,(H,29,33). The Kier molecular flexibility index (Phi) is 7.48. The smallest absolute Gasteiger partial charge is 0.234 e. The molecule has 0 fully saturated rings. The number of carbonyl (C=O) groups is 1. The van der Waals surface area contributed by atoms with Gasteiger partial charge in [-0.1, -0.05) is 55.9 Å². The Hall–Kier alpha value is -4.09. The van der Waals surface area contributed by atoms with Crippen molar-refractivity contribution in [2.45, 2.75) is 24.9 Å². The first-order valence-electron chi connectivity index (χ1n) is 11.1. The normalized spacial score (nSPS) is 10.7. The summed E-state index contributed by atoms with van der Waals surface area (Å²) >= 11 is 1.30. The molecule has 0 aliphatic heterocycles. The van der Waals surface area contributed by atoms with Crippen LogP contribution >= 0.6 is 11.8 Å². The predicted molar refractivity (Wildman–Crippen MR) is 138 cm³/mol. The van der Waals surface area contributed by atoms with Crippen molar-refractivity contribution in [2.24, 2.45) is 0 Å². The summed E-state index contributed by atoms with van der Waals surface area (Å²) in [5.41, 5.74) is 3.91. The maximum absolute atomic E-state index is 12.7. The van der Waals surface area contributed by atoms with E-state index < -0.39 is 0 Å². The number of carbonyl (C=O) groups excluding carboxylic acids is 1. The molecular formula is C27H25N5O2S. The lowest BCUT2D eigenvalue weighted by molar-refractivity contribution is -0.113. The lowest BCUT2D eigenvalue weighted by atomic mass is 10.0. The number of anilines is 1. The maximum Gasteiger partial charge on any atom is 0.234 e. The molecule has 0 bridgehead atoms. The second kappa shape index (κ2) is 10.9. The molecule has 0 saturated carbocycles. The zero-order chi connectivity index (χ0) is 24.8. The Bertz CT molecular complexity index is 1370. The maximum atomic E-state index is 12.7. The predicted octanol–water partition coefficient (Wildman–Crippen LogP) is 5.67. The highest BCUT2D eigenvalue weighted by molar-refractivity contribution is 7.99. The minimum absolute atomic E-state index is 0.115. The largest absolute Gasteiger partial charge is 0.497 e. The number of thioether (sulfide) groups is 1. The van der Waals surface area contributed by atoms with Gasteiger partial charge in [0.2, 0.25) is 5.91 Å². The van der Waals surface area contributed by atoms with Crippen LogP contribution in [-0.2, 0) is 4.79 Å². The van der Waals surface area contributed by atoms with Gasteiger partial charge in [-0.25, -0.2) is 0 Å². The number of nitrogens with one attached hydrogen (secondary N) is 1. The van der Waals surface area contributed by atoms with Gasteiger partial charge in [-0.3, -0.25) is 9.36 Å². The van der Waals surface area contributed by atoms with Crippen LogP contribution in [0.2, 0.25) is 0 Å². The Morgan fingerprint density at radius 2 is 1.77 bits per heavy atom. The van der Waals surface area contributed by atoms with Crippen LogP contribution < -0.4 is 10.1 Å². The summed E-state index contributed by atoms with van der Waals surface area (Å²) in [4.78, 5) is 12.7. The average molecular weight is 484 g/mol. The number of aromatic nitrogens is 3. The van der Waals surface area contributed by atoms with E-state index in [0.29, 0.717) is 22.2 Å². The summed E-state index contributed by atoms with van der Waals surface area (Å²) in [5, 5.41) is 21.6. The number of nitriles is 1. The van der Waals surface area contributed by atoms with Gasteiger partial charge in [0.05, 0.1) is 29.8 Å². The molecule has 35 heavy (non-hydrogen) atoms. The van der Waals surface area contributed by atoms with Gasteiger partial charge in [0.25, 0.3) is 0 Å². The molecule has 0 unspecified atom stereocenters. The number of hydrogen-bond acceptors (Lipinski definition) is 6. The first-order chi connectivity index (χ1) is 17.0. The van der Waals surface area contributed by atoms with Gasteiger partial charge >= 0.3 is 0 Å². The van der Waals surface area contributed by atoms with Crippen LogP contribution in [0.1, 0.15) is 30.9 Å². The SMILES string of the molecule is COc1ccc(-c2nnc(SCC(=O)Nc3ccccc3C#N)n2-c2ccccc2C(C)C)cc1. The third-order valence-electron chi connectivity index (χ3n) is 5.44. The number of ether oxygens (including phenoxy) is 1. The van der Waals surface area contributed by atoms with Gasteiger partial charge in [-0.2, -0.15) is 5.26 Å². The molecule has 0 radical (unpaired) electrons. The topological polar surface area (TPSA) is 92.8 Å². The van der Waals surface area contributed by atoms with E-state index in [2.05, 4.69) is 41.5 Å². The monoisotopic (exact) mass is 483 g/mol. The number of benzene rings is 3. The number of nitrogens with zero attached hydrogens (tertiary/aromatic N) is 4. The molecule has 0 aliphatic rings. The van der Waals surface area contributed by atoms with E-state index in [1.54, 1.807) is 31.4 Å². The Balaban J connectivity index is 1.67. The number of rotatable bonds is 8. The zero-order valence-corrected chi connectivity index (χ0v) is 20.5. The van der Waals surface area contributed by atoms with Crippen LogP contribution in [-0.4, -0.2) is 33.5 Å². The highest BCUT2D eigenvalue weighted by Gasteiger charge is 2.20. The number of methoxy groups -OCH3 is 1. The van der Waals surface area contributed by atoms with Crippen LogP contribution in [0.3, 0.4) is 0 Å². The van der Waals surface area contributed by atoms with Crippen molar-refractivity contribution >= 4 is 23.4 Å². The Morgan fingerprint density at radius 3 is 2.49 bits per heavy atom. The molecule has 8 heteroatoms. The average Bonchev–Trinajstić information content (AvgIpc) is 3.31. The van der Waals surface area contributed by atoms with Gasteiger partial charge in [-0.05, 0) is 53.9 Å². The van der Waals surface area contributed by atoms with Crippen molar-refractivity contribution in [1.82, 2.24) is 14.8 Å². The number of amides is 1. The molecule has 0 aliphatic carbocycles. The molecule has 3 aromatic carbocycles. The molecule has 1 amide bonds. The Morgan fingerprint density at radius 1 is 1.06 bits per heavy atom. The summed E-state index contributed by atoms with van der Waals surface area (Å²) in [6.45, 7) is 4.28. The third kappa shape index (κ3) is 5.36. The van der Waals surface area contributed by atoms with Crippen LogP contribution in [0, 0.1) is 11.3 Å². The van der Waals surface area contributed by atoms with Crippen molar-refractivity contribution in [3.8, 4) is 28.9 Å². The zero-order valence-electron chi connectivity index (χ0n) is 19.7. The van der Waals surface area contributed by atoms with Gasteiger partial charge < -0.3 is 10.1 Å². The van der Waals surface area contributed by atoms with E-state index in [1.165, 1.54) is 11.8 Å². The first kappa shape index (κ1) is 24.0. The van der Waals surface area contributed by atoms with E-state index in [4.69, 9.17) is 4.74 Å². The van der Waals surface area contributed by atoms with E-state index in [0.717, 1.165) is 22.6 Å². The Labute approximate surface area is 208 Å². The van der Waals surface area contributed by atoms with Gasteiger partial charge in [0, 0.05) is 5.56 Å². The van der Waals surface area contributed by atoms with Crippen LogP contribution in [0.15, 0.2) is 78.0 Å². The summed E-state index contributed by atoms with van der Waals surface area (Å²) < 4.78 is 7.29. The molecule has 1 N–H and O–H groups in total. The fraction of sp³-hybridized carbons (Fsp3) is 0.185. The lowest BCUT2D eigenvalue weighted by Gasteiger charge is -2.17.